The largest absolute Gasteiger partial charge is 0.310 e. The highest BCUT2D eigenvalue weighted by Gasteiger charge is 2.35. The zero-order valence-electron chi connectivity index (χ0n) is 30.8. The van der Waals surface area contributed by atoms with Gasteiger partial charge in [0.2, 0.25) is 0 Å². The van der Waals surface area contributed by atoms with E-state index >= 15 is 0 Å². The van der Waals surface area contributed by atoms with E-state index in [9.17, 15) is 4.39 Å². The van der Waals surface area contributed by atoms with Gasteiger partial charge in [0, 0.05) is 22.5 Å². The molecule has 0 unspecified atom stereocenters. The fraction of sp³-hybridized carbons (Fsp3) is 0.0566. The van der Waals surface area contributed by atoms with Crippen LogP contribution >= 0.6 is 0 Å². The summed E-state index contributed by atoms with van der Waals surface area (Å²) in [5.41, 5.74) is 12.8. The molecule has 0 saturated carbocycles. The highest BCUT2D eigenvalue weighted by Crippen LogP contribution is 2.50. The van der Waals surface area contributed by atoms with Crippen molar-refractivity contribution in [1.29, 1.82) is 0 Å². The van der Waals surface area contributed by atoms with E-state index in [1.807, 2.05) is 12.1 Å². The third-order valence-corrected chi connectivity index (χ3v) is 11.5. The average Bonchev–Trinajstić information content (AvgIpc) is 3.46. The molecule has 262 valence electrons. The summed E-state index contributed by atoms with van der Waals surface area (Å²) in [6, 6.07) is 63.7. The van der Waals surface area contributed by atoms with Gasteiger partial charge in [-0.1, -0.05) is 159 Å². The van der Waals surface area contributed by atoms with Gasteiger partial charge in [0.05, 0.1) is 0 Å². The molecule has 0 saturated heterocycles. The molecule has 10 rings (SSSR count). The molecule has 9 aromatic carbocycles. The van der Waals surface area contributed by atoms with Crippen LogP contribution in [0.25, 0.3) is 66.7 Å². The zero-order valence-corrected chi connectivity index (χ0v) is 30.8. The third kappa shape index (κ3) is 5.44. The minimum Gasteiger partial charge on any atom is -0.310 e. The van der Waals surface area contributed by atoms with Crippen LogP contribution in [-0.4, -0.2) is 0 Å². The molecule has 2 heteroatoms. The SMILES string of the molecule is CC1(C)c2ccccc2-c2ccc(N(c3ccc(F)cc3)c3ccc(C=Cc4c5ccccc5c(-c5cccc6ccccc56)c5ccccc45)cc3)cc21. The first kappa shape index (κ1) is 32.8. The molecule has 1 nitrogen and oxygen atoms in total. The van der Waals surface area contributed by atoms with Crippen molar-refractivity contribution in [2.24, 2.45) is 0 Å². The summed E-state index contributed by atoms with van der Waals surface area (Å²) >= 11 is 0. The topological polar surface area (TPSA) is 3.24 Å². The summed E-state index contributed by atoms with van der Waals surface area (Å²) in [5, 5.41) is 7.42. The van der Waals surface area contributed by atoms with E-state index in [1.54, 1.807) is 0 Å². The van der Waals surface area contributed by atoms with E-state index in [0.717, 1.165) is 22.6 Å². The lowest BCUT2D eigenvalue weighted by Gasteiger charge is -2.28. The predicted octanol–water partition coefficient (Wildman–Crippen LogP) is 14.9. The molecular weight excluding hydrogens is 670 g/mol. The second kappa shape index (κ2) is 13.0. The maximum atomic E-state index is 14.2. The van der Waals surface area contributed by atoms with Crippen LogP contribution in [0, 0.1) is 5.82 Å². The maximum Gasteiger partial charge on any atom is 0.123 e. The number of rotatable bonds is 6. The Balaban J connectivity index is 1.06. The van der Waals surface area contributed by atoms with E-state index in [-0.39, 0.29) is 11.2 Å². The average molecular weight is 708 g/mol. The summed E-state index contributed by atoms with van der Waals surface area (Å²) in [7, 11) is 0. The van der Waals surface area contributed by atoms with Crippen molar-refractivity contribution < 1.29 is 4.39 Å². The number of hydrogen-bond donors (Lipinski definition) is 0. The molecule has 0 amide bonds. The Morgan fingerprint density at radius 2 is 0.964 bits per heavy atom. The Bertz CT molecular complexity index is 2890. The van der Waals surface area contributed by atoms with Crippen LogP contribution in [0.5, 0.6) is 0 Å². The highest BCUT2D eigenvalue weighted by molar-refractivity contribution is 6.20. The number of anilines is 3. The Hall–Kier alpha value is -6.77. The van der Waals surface area contributed by atoms with Gasteiger partial charge in [0.25, 0.3) is 0 Å². The summed E-state index contributed by atoms with van der Waals surface area (Å²) in [6.07, 6.45) is 4.48. The first-order chi connectivity index (χ1) is 27.0. The van der Waals surface area contributed by atoms with Crippen LogP contribution in [0.2, 0.25) is 0 Å². The molecule has 0 N–H and O–H groups in total. The van der Waals surface area contributed by atoms with Crippen molar-refractivity contribution in [3.63, 3.8) is 0 Å². The monoisotopic (exact) mass is 707 g/mol. The molecule has 0 spiro atoms. The second-order valence-electron chi connectivity index (χ2n) is 15.0. The van der Waals surface area contributed by atoms with Crippen LogP contribution in [0.3, 0.4) is 0 Å². The van der Waals surface area contributed by atoms with Gasteiger partial charge in [-0.2, -0.15) is 0 Å². The van der Waals surface area contributed by atoms with Gasteiger partial charge in [-0.25, -0.2) is 4.39 Å². The molecule has 0 bridgehead atoms. The van der Waals surface area contributed by atoms with Gasteiger partial charge in [-0.05, 0) is 125 Å². The summed E-state index contributed by atoms with van der Waals surface area (Å²) in [5.74, 6) is -0.250. The van der Waals surface area contributed by atoms with Crippen molar-refractivity contribution in [3.05, 3.63) is 210 Å². The summed E-state index contributed by atoms with van der Waals surface area (Å²) in [6.45, 7) is 4.60. The van der Waals surface area contributed by atoms with E-state index < -0.39 is 0 Å². The lowest BCUT2D eigenvalue weighted by atomic mass is 9.82. The van der Waals surface area contributed by atoms with Crippen molar-refractivity contribution in [1.82, 2.24) is 0 Å². The third-order valence-electron chi connectivity index (χ3n) is 11.5. The van der Waals surface area contributed by atoms with Gasteiger partial charge >= 0.3 is 0 Å². The molecule has 0 aromatic heterocycles. The fourth-order valence-corrected chi connectivity index (χ4v) is 8.86. The number of fused-ring (bicyclic) bond motifs is 6. The Kier molecular flexibility index (Phi) is 7.74. The van der Waals surface area contributed by atoms with Crippen molar-refractivity contribution in [2.75, 3.05) is 4.90 Å². The van der Waals surface area contributed by atoms with E-state index in [1.165, 1.54) is 83.4 Å². The van der Waals surface area contributed by atoms with Crippen molar-refractivity contribution in [3.8, 4) is 22.3 Å². The lowest BCUT2D eigenvalue weighted by molar-refractivity contribution is 0.628. The van der Waals surface area contributed by atoms with Crippen LogP contribution in [-0.2, 0) is 5.41 Å². The molecular formula is C53H38FN. The summed E-state index contributed by atoms with van der Waals surface area (Å²) in [4.78, 5) is 2.22. The zero-order chi connectivity index (χ0) is 37.1. The minimum absolute atomic E-state index is 0.132. The van der Waals surface area contributed by atoms with Gasteiger partial charge < -0.3 is 4.90 Å². The van der Waals surface area contributed by atoms with Gasteiger partial charge in [0.15, 0.2) is 0 Å². The number of nitrogens with zero attached hydrogens (tertiary/aromatic N) is 1. The van der Waals surface area contributed by atoms with Crippen LogP contribution in [0.4, 0.5) is 21.5 Å². The lowest BCUT2D eigenvalue weighted by Crippen LogP contribution is -2.16. The van der Waals surface area contributed by atoms with Crippen LogP contribution in [0.15, 0.2) is 182 Å². The quantitative estimate of drug-likeness (QED) is 0.123. The van der Waals surface area contributed by atoms with E-state index in [4.69, 9.17) is 0 Å². The molecule has 9 aromatic rings. The highest BCUT2D eigenvalue weighted by atomic mass is 19.1. The van der Waals surface area contributed by atoms with Crippen molar-refractivity contribution in [2.45, 2.75) is 19.3 Å². The number of benzene rings is 9. The van der Waals surface area contributed by atoms with Crippen molar-refractivity contribution >= 4 is 61.5 Å². The molecule has 1 aliphatic rings. The molecule has 0 fully saturated rings. The van der Waals surface area contributed by atoms with Gasteiger partial charge in [-0.15, -0.1) is 0 Å². The molecule has 0 heterocycles. The Labute approximate surface area is 321 Å². The first-order valence-corrected chi connectivity index (χ1v) is 19.0. The Morgan fingerprint density at radius 3 is 1.67 bits per heavy atom. The maximum absolute atomic E-state index is 14.2. The molecule has 1 aliphatic carbocycles. The van der Waals surface area contributed by atoms with Gasteiger partial charge in [0.1, 0.15) is 5.82 Å². The minimum atomic E-state index is -0.250. The number of halogens is 1. The van der Waals surface area contributed by atoms with E-state index in [2.05, 4.69) is 189 Å². The second-order valence-corrected chi connectivity index (χ2v) is 15.0. The van der Waals surface area contributed by atoms with E-state index in [0.29, 0.717) is 0 Å². The normalized spacial score (nSPS) is 13.1. The Morgan fingerprint density at radius 1 is 0.436 bits per heavy atom. The first-order valence-electron chi connectivity index (χ1n) is 19.0. The molecule has 55 heavy (non-hydrogen) atoms. The standard InChI is InChI=1S/C53H38FN/c1-53(2)50-21-10-9-17-45(50)46-33-31-40(34-51(46)53)55(39-29-25-37(54)26-30-39)38-27-22-35(23-28-38)24-32-44-42-15-5-7-18-48(42)52(49-19-8-6-16-43(44)49)47-20-11-13-36-12-3-4-14-41(36)47/h3-34H,1-2H3. The smallest absolute Gasteiger partial charge is 0.123 e. The number of hydrogen-bond acceptors (Lipinski definition) is 1. The molecule has 0 aliphatic heterocycles. The van der Waals surface area contributed by atoms with Crippen LogP contribution < -0.4 is 4.90 Å². The van der Waals surface area contributed by atoms with Gasteiger partial charge in [-0.3, -0.25) is 0 Å². The van der Waals surface area contributed by atoms with Crippen LogP contribution in [0.1, 0.15) is 36.1 Å². The predicted molar refractivity (Wildman–Crippen MR) is 232 cm³/mol. The molecule has 0 radical (unpaired) electrons. The summed E-state index contributed by atoms with van der Waals surface area (Å²) < 4.78 is 14.2. The fourth-order valence-electron chi connectivity index (χ4n) is 8.86. The molecule has 0 atom stereocenters.